The summed E-state index contributed by atoms with van der Waals surface area (Å²) in [6, 6.07) is 12.8. The highest BCUT2D eigenvalue weighted by atomic mass is 16.5. The molecule has 1 N–H and O–H groups in total. The van der Waals surface area contributed by atoms with Gasteiger partial charge in [0, 0.05) is 24.2 Å². The summed E-state index contributed by atoms with van der Waals surface area (Å²) in [5.41, 5.74) is 1.41. The summed E-state index contributed by atoms with van der Waals surface area (Å²) in [6.45, 7) is 4.53. The van der Waals surface area contributed by atoms with Crippen molar-refractivity contribution >= 4 is 11.8 Å². The number of ether oxygens (including phenoxy) is 3. The van der Waals surface area contributed by atoms with E-state index in [2.05, 4.69) is 19.2 Å². The molecule has 32 heavy (non-hydrogen) atoms. The SMILES string of the molecule is COc1ccc(CNC(=O)c2ccc(OCC(=O)N3C(C)CCCC3C)cc2)cc1OC. The Hall–Kier alpha value is -3.22. The molecule has 0 radical (unpaired) electrons. The van der Waals surface area contributed by atoms with Crippen LogP contribution in [0, 0.1) is 0 Å². The monoisotopic (exact) mass is 440 g/mol. The number of benzene rings is 2. The van der Waals surface area contributed by atoms with Gasteiger partial charge in [-0.1, -0.05) is 6.07 Å². The van der Waals surface area contributed by atoms with Crippen molar-refractivity contribution in [2.24, 2.45) is 0 Å². The Morgan fingerprint density at radius 1 is 0.969 bits per heavy atom. The van der Waals surface area contributed by atoms with Gasteiger partial charge in [-0.25, -0.2) is 0 Å². The summed E-state index contributed by atoms with van der Waals surface area (Å²) < 4.78 is 16.2. The van der Waals surface area contributed by atoms with Crippen molar-refractivity contribution in [3.8, 4) is 17.2 Å². The molecule has 7 nitrogen and oxygen atoms in total. The van der Waals surface area contributed by atoms with Crippen molar-refractivity contribution in [3.63, 3.8) is 0 Å². The van der Waals surface area contributed by atoms with Crippen LogP contribution in [0.4, 0.5) is 0 Å². The molecule has 1 saturated heterocycles. The van der Waals surface area contributed by atoms with Crippen LogP contribution < -0.4 is 19.5 Å². The predicted octanol–water partition coefficient (Wildman–Crippen LogP) is 3.80. The summed E-state index contributed by atoms with van der Waals surface area (Å²) in [5.74, 6) is 1.62. The second-order valence-corrected chi connectivity index (χ2v) is 8.12. The Bertz CT molecular complexity index is 918. The number of rotatable bonds is 8. The zero-order valence-corrected chi connectivity index (χ0v) is 19.2. The van der Waals surface area contributed by atoms with Crippen LogP contribution in [-0.4, -0.2) is 49.6 Å². The summed E-state index contributed by atoms with van der Waals surface area (Å²) in [4.78, 5) is 27.0. The Kier molecular flexibility index (Phi) is 7.98. The molecule has 0 saturated carbocycles. The van der Waals surface area contributed by atoms with Crippen molar-refractivity contribution in [1.29, 1.82) is 0 Å². The topological polar surface area (TPSA) is 77.1 Å². The van der Waals surface area contributed by atoms with Crippen molar-refractivity contribution < 1.29 is 23.8 Å². The van der Waals surface area contributed by atoms with Crippen LogP contribution in [-0.2, 0) is 11.3 Å². The number of likely N-dealkylation sites (tertiary alicyclic amines) is 1. The summed E-state index contributed by atoms with van der Waals surface area (Å²) in [6.07, 6.45) is 3.22. The van der Waals surface area contributed by atoms with Crippen molar-refractivity contribution in [3.05, 3.63) is 53.6 Å². The zero-order chi connectivity index (χ0) is 23.1. The summed E-state index contributed by atoms with van der Waals surface area (Å²) in [7, 11) is 3.16. The fourth-order valence-electron chi connectivity index (χ4n) is 4.11. The van der Waals surface area contributed by atoms with Crippen molar-refractivity contribution in [1.82, 2.24) is 10.2 Å². The maximum absolute atomic E-state index is 12.6. The number of piperidine rings is 1. The molecule has 2 amide bonds. The number of amides is 2. The molecule has 0 aliphatic carbocycles. The number of hydrogen-bond donors (Lipinski definition) is 1. The molecule has 172 valence electrons. The van der Waals surface area contributed by atoms with Crippen LogP contribution in [0.15, 0.2) is 42.5 Å². The highest BCUT2D eigenvalue weighted by Crippen LogP contribution is 2.27. The average Bonchev–Trinajstić information content (AvgIpc) is 2.81. The van der Waals surface area contributed by atoms with Gasteiger partial charge in [0.05, 0.1) is 14.2 Å². The lowest BCUT2D eigenvalue weighted by atomic mass is 9.97. The van der Waals surface area contributed by atoms with Gasteiger partial charge in [0.2, 0.25) is 0 Å². The van der Waals surface area contributed by atoms with E-state index in [0.717, 1.165) is 24.8 Å². The molecule has 1 aliphatic rings. The first-order valence-electron chi connectivity index (χ1n) is 11.0. The smallest absolute Gasteiger partial charge is 0.260 e. The molecule has 2 unspecified atom stereocenters. The van der Waals surface area contributed by atoms with E-state index in [9.17, 15) is 9.59 Å². The van der Waals surface area contributed by atoms with Gasteiger partial charge in [0.25, 0.3) is 11.8 Å². The van der Waals surface area contributed by atoms with Crippen LogP contribution in [0.5, 0.6) is 17.2 Å². The van der Waals surface area contributed by atoms with Gasteiger partial charge in [-0.15, -0.1) is 0 Å². The van der Waals surface area contributed by atoms with E-state index >= 15 is 0 Å². The molecule has 2 aromatic carbocycles. The molecule has 7 heteroatoms. The molecule has 1 fully saturated rings. The lowest BCUT2D eigenvalue weighted by molar-refractivity contribution is -0.139. The van der Waals surface area contributed by atoms with Gasteiger partial charge in [-0.05, 0) is 75.1 Å². The standard InChI is InChI=1S/C25H32N2O5/c1-17-6-5-7-18(2)27(17)24(28)16-32-21-11-9-20(10-12-21)25(29)26-15-19-8-13-22(30-3)23(14-19)31-4/h8-14,17-18H,5-7,15-16H2,1-4H3,(H,26,29). The van der Waals surface area contributed by atoms with Gasteiger partial charge in [-0.3, -0.25) is 9.59 Å². The number of nitrogens with one attached hydrogen (secondary N) is 1. The maximum Gasteiger partial charge on any atom is 0.260 e. The van der Waals surface area contributed by atoms with Gasteiger partial charge >= 0.3 is 0 Å². The maximum atomic E-state index is 12.6. The molecule has 2 atom stereocenters. The molecule has 2 aromatic rings. The quantitative estimate of drug-likeness (QED) is 0.676. The Labute approximate surface area is 189 Å². The minimum Gasteiger partial charge on any atom is -0.493 e. The highest BCUT2D eigenvalue weighted by molar-refractivity contribution is 5.94. The van der Waals surface area contributed by atoms with Crippen LogP contribution in [0.25, 0.3) is 0 Å². The van der Waals surface area contributed by atoms with Crippen LogP contribution in [0.2, 0.25) is 0 Å². The fraction of sp³-hybridized carbons (Fsp3) is 0.440. The van der Waals surface area contributed by atoms with Crippen LogP contribution >= 0.6 is 0 Å². The molecular weight excluding hydrogens is 408 g/mol. The predicted molar refractivity (Wildman–Crippen MR) is 122 cm³/mol. The third-order valence-corrected chi connectivity index (χ3v) is 5.86. The number of hydrogen-bond acceptors (Lipinski definition) is 5. The van der Waals surface area contributed by atoms with E-state index in [1.807, 2.05) is 17.0 Å². The number of nitrogens with zero attached hydrogens (tertiary/aromatic N) is 1. The first kappa shape index (κ1) is 23.4. The van der Waals surface area contributed by atoms with Gasteiger partial charge in [-0.2, -0.15) is 0 Å². The van der Waals surface area contributed by atoms with Gasteiger partial charge in [0.15, 0.2) is 18.1 Å². The molecule has 0 aromatic heterocycles. The van der Waals surface area contributed by atoms with Crippen molar-refractivity contribution in [2.45, 2.75) is 51.7 Å². The number of carbonyl (C=O) groups is 2. The second-order valence-electron chi connectivity index (χ2n) is 8.12. The van der Waals surface area contributed by atoms with Gasteiger partial charge in [0.1, 0.15) is 5.75 Å². The molecule has 1 aliphatic heterocycles. The first-order valence-corrected chi connectivity index (χ1v) is 11.0. The van der Waals surface area contributed by atoms with Gasteiger partial charge < -0.3 is 24.4 Å². The lowest BCUT2D eigenvalue weighted by Gasteiger charge is -2.38. The molecule has 1 heterocycles. The normalized spacial score (nSPS) is 18.1. The Balaban J connectivity index is 1.51. The number of carbonyl (C=O) groups excluding carboxylic acids is 2. The van der Waals surface area contributed by atoms with E-state index in [1.54, 1.807) is 44.6 Å². The summed E-state index contributed by atoms with van der Waals surface area (Å²) >= 11 is 0. The van der Waals surface area contributed by atoms with E-state index in [1.165, 1.54) is 0 Å². The fourth-order valence-corrected chi connectivity index (χ4v) is 4.11. The van der Waals surface area contributed by atoms with E-state index in [0.29, 0.717) is 29.4 Å². The van der Waals surface area contributed by atoms with Crippen LogP contribution in [0.1, 0.15) is 49.0 Å². The lowest BCUT2D eigenvalue weighted by Crippen LogP contribution is -2.49. The number of methoxy groups -OCH3 is 2. The highest BCUT2D eigenvalue weighted by Gasteiger charge is 2.28. The first-order chi connectivity index (χ1) is 15.4. The van der Waals surface area contributed by atoms with E-state index < -0.39 is 0 Å². The Morgan fingerprint density at radius 2 is 1.62 bits per heavy atom. The molecule has 0 bridgehead atoms. The minimum atomic E-state index is -0.196. The van der Waals surface area contributed by atoms with Crippen molar-refractivity contribution in [2.75, 3.05) is 20.8 Å². The van der Waals surface area contributed by atoms with E-state index in [4.69, 9.17) is 14.2 Å². The summed E-state index contributed by atoms with van der Waals surface area (Å²) in [5, 5.41) is 2.89. The largest absolute Gasteiger partial charge is 0.493 e. The molecule has 0 spiro atoms. The van der Waals surface area contributed by atoms with E-state index in [-0.39, 0.29) is 30.5 Å². The minimum absolute atomic E-state index is 0.000471. The third-order valence-electron chi connectivity index (χ3n) is 5.86. The zero-order valence-electron chi connectivity index (χ0n) is 19.2. The second kappa shape index (κ2) is 10.9. The molecular formula is C25H32N2O5. The van der Waals surface area contributed by atoms with Crippen LogP contribution in [0.3, 0.4) is 0 Å². The third kappa shape index (κ3) is 5.72. The molecule has 3 rings (SSSR count). The Morgan fingerprint density at radius 3 is 2.25 bits per heavy atom. The average molecular weight is 441 g/mol.